The molecule has 8 nitrogen and oxygen atoms in total. The van der Waals surface area contributed by atoms with Gasteiger partial charge in [0.25, 0.3) is 0 Å². The molecule has 0 aliphatic carbocycles. The summed E-state index contributed by atoms with van der Waals surface area (Å²) in [6.45, 7) is 2.53. The second-order valence-electron chi connectivity index (χ2n) is 11.0. The van der Waals surface area contributed by atoms with Gasteiger partial charge in [-0.1, -0.05) is 48.5 Å². The average molecular weight is 539 g/mol. The molecule has 8 heteroatoms. The molecule has 0 radical (unpaired) electrons. The molecule has 0 spiro atoms. The minimum atomic E-state index is 0.0200. The maximum absolute atomic E-state index is 12.7. The first kappa shape index (κ1) is 26.5. The number of amides is 1. The molecule has 2 aliphatic heterocycles. The van der Waals surface area contributed by atoms with E-state index in [1.807, 2.05) is 17.3 Å². The minimum Gasteiger partial charge on any atom is -0.385 e. The fourth-order valence-corrected chi connectivity index (χ4v) is 6.11. The Bertz CT molecular complexity index is 1420. The number of carbonyl (C=O) groups excluding carboxylic acids is 1. The van der Waals surface area contributed by atoms with Crippen molar-refractivity contribution in [1.29, 1.82) is 0 Å². The molecule has 2 unspecified atom stereocenters. The highest BCUT2D eigenvalue weighted by Crippen LogP contribution is 2.33. The van der Waals surface area contributed by atoms with Crippen LogP contribution in [0.2, 0.25) is 0 Å². The van der Waals surface area contributed by atoms with E-state index >= 15 is 0 Å². The van der Waals surface area contributed by atoms with Crippen molar-refractivity contribution >= 4 is 5.91 Å². The molecular formula is C32H38N6O2. The first-order valence-electron chi connectivity index (χ1n) is 14.4. The van der Waals surface area contributed by atoms with Crippen LogP contribution in [-0.2, 0) is 9.53 Å². The van der Waals surface area contributed by atoms with Gasteiger partial charge in [-0.05, 0) is 68.0 Å². The number of carbonyl (C=O) groups is 1. The lowest BCUT2D eigenvalue weighted by Crippen LogP contribution is -2.31. The van der Waals surface area contributed by atoms with Crippen LogP contribution in [0.5, 0.6) is 0 Å². The standard InChI is InChI=1S/C32H38N6O2/c1-37-17-3-6-28(37)31-33-20-26(35-31)24-13-9-22(10-14-24)23-11-15-25(16-12-23)27-21-34-32(36-27)29-7-4-18-38(29)30(39)8-5-19-40-2/h9-16,20-21,28-29H,3-8,17-19H2,1-2H3,(H,33,35)(H,34,36). The van der Waals surface area contributed by atoms with Gasteiger partial charge in [-0.25, -0.2) is 9.97 Å². The number of aromatic nitrogens is 4. The third-order valence-corrected chi connectivity index (χ3v) is 8.38. The van der Waals surface area contributed by atoms with Gasteiger partial charge >= 0.3 is 0 Å². The van der Waals surface area contributed by atoms with Gasteiger partial charge in [0.2, 0.25) is 5.91 Å². The Morgan fingerprint density at radius 3 is 1.90 bits per heavy atom. The monoisotopic (exact) mass is 538 g/mol. The lowest BCUT2D eigenvalue weighted by atomic mass is 10.0. The lowest BCUT2D eigenvalue weighted by molar-refractivity contribution is -0.132. The molecule has 40 heavy (non-hydrogen) atoms. The van der Waals surface area contributed by atoms with E-state index < -0.39 is 0 Å². The molecule has 2 atom stereocenters. The Morgan fingerprint density at radius 1 is 0.825 bits per heavy atom. The number of methoxy groups -OCH3 is 1. The van der Waals surface area contributed by atoms with Gasteiger partial charge in [-0.2, -0.15) is 0 Å². The van der Waals surface area contributed by atoms with Crippen molar-refractivity contribution in [2.75, 3.05) is 33.9 Å². The van der Waals surface area contributed by atoms with Crippen LogP contribution in [0.25, 0.3) is 33.6 Å². The van der Waals surface area contributed by atoms with Crippen molar-refractivity contribution in [3.05, 3.63) is 72.6 Å². The number of aromatic amines is 2. The summed E-state index contributed by atoms with van der Waals surface area (Å²) in [7, 11) is 3.84. The second kappa shape index (κ2) is 11.8. The van der Waals surface area contributed by atoms with E-state index in [0.29, 0.717) is 19.1 Å². The average Bonchev–Trinajstić information content (AvgIpc) is 3.80. The van der Waals surface area contributed by atoms with Gasteiger partial charge in [-0.15, -0.1) is 0 Å². The SMILES string of the molecule is COCCCC(=O)N1CCCC1c1ncc(-c2ccc(-c3ccc(-c4cnc(C5CCCN5C)[nH]4)cc3)cc2)[nH]1. The number of H-pyrrole nitrogens is 2. The predicted octanol–water partition coefficient (Wildman–Crippen LogP) is 5.99. The Balaban J connectivity index is 1.11. The van der Waals surface area contributed by atoms with E-state index in [-0.39, 0.29) is 11.9 Å². The highest BCUT2D eigenvalue weighted by molar-refractivity contribution is 5.77. The minimum absolute atomic E-state index is 0.0200. The second-order valence-corrected chi connectivity index (χ2v) is 11.0. The zero-order valence-electron chi connectivity index (χ0n) is 23.4. The number of likely N-dealkylation sites (tertiary alicyclic amines) is 2. The molecule has 4 aromatic rings. The number of ether oxygens (including phenoxy) is 1. The Labute approximate surface area is 235 Å². The predicted molar refractivity (Wildman–Crippen MR) is 156 cm³/mol. The van der Waals surface area contributed by atoms with E-state index in [2.05, 4.69) is 80.4 Å². The van der Waals surface area contributed by atoms with Crippen LogP contribution in [-0.4, -0.2) is 69.5 Å². The van der Waals surface area contributed by atoms with Crippen molar-refractivity contribution < 1.29 is 9.53 Å². The van der Waals surface area contributed by atoms with Crippen LogP contribution in [0.1, 0.15) is 62.3 Å². The number of benzene rings is 2. The molecule has 1 amide bonds. The van der Waals surface area contributed by atoms with Crippen molar-refractivity contribution in [3.63, 3.8) is 0 Å². The number of imidazole rings is 2. The Morgan fingerprint density at radius 2 is 1.35 bits per heavy atom. The number of hydrogen-bond acceptors (Lipinski definition) is 5. The first-order valence-corrected chi connectivity index (χ1v) is 14.4. The number of nitrogens with one attached hydrogen (secondary N) is 2. The zero-order valence-corrected chi connectivity index (χ0v) is 23.4. The van der Waals surface area contributed by atoms with E-state index in [9.17, 15) is 4.79 Å². The molecule has 2 saturated heterocycles. The molecule has 2 N–H and O–H groups in total. The molecule has 0 saturated carbocycles. The van der Waals surface area contributed by atoms with E-state index in [0.717, 1.165) is 78.5 Å². The first-order chi connectivity index (χ1) is 19.6. The molecule has 0 bridgehead atoms. The third kappa shape index (κ3) is 5.46. The van der Waals surface area contributed by atoms with Gasteiger partial charge in [0, 0.05) is 26.7 Å². The van der Waals surface area contributed by atoms with Gasteiger partial charge in [0.1, 0.15) is 11.6 Å². The van der Waals surface area contributed by atoms with E-state index in [1.165, 1.54) is 12.0 Å². The molecule has 6 rings (SSSR count). The van der Waals surface area contributed by atoms with Crippen molar-refractivity contribution in [3.8, 4) is 33.6 Å². The summed E-state index contributed by atoms with van der Waals surface area (Å²) >= 11 is 0. The van der Waals surface area contributed by atoms with Crippen molar-refractivity contribution in [2.45, 2.75) is 50.6 Å². The lowest BCUT2D eigenvalue weighted by Gasteiger charge is -2.23. The quantitative estimate of drug-likeness (QED) is 0.256. The smallest absolute Gasteiger partial charge is 0.223 e. The van der Waals surface area contributed by atoms with Gasteiger partial charge < -0.3 is 19.6 Å². The fourth-order valence-electron chi connectivity index (χ4n) is 6.11. The van der Waals surface area contributed by atoms with Crippen LogP contribution < -0.4 is 0 Å². The summed E-state index contributed by atoms with van der Waals surface area (Å²) in [5.41, 5.74) is 6.59. The maximum Gasteiger partial charge on any atom is 0.223 e. The summed E-state index contributed by atoms with van der Waals surface area (Å²) < 4.78 is 5.10. The van der Waals surface area contributed by atoms with Gasteiger partial charge in [0.05, 0.1) is 35.9 Å². The van der Waals surface area contributed by atoms with Gasteiger partial charge in [0.15, 0.2) is 0 Å². The van der Waals surface area contributed by atoms with Crippen LogP contribution in [0.3, 0.4) is 0 Å². The molecule has 2 aromatic heterocycles. The van der Waals surface area contributed by atoms with E-state index in [4.69, 9.17) is 4.74 Å². The summed E-state index contributed by atoms with van der Waals surface area (Å²) in [4.78, 5) is 33.5. The summed E-state index contributed by atoms with van der Waals surface area (Å²) in [6.07, 6.45) is 9.42. The summed E-state index contributed by atoms with van der Waals surface area (Å²) in [6, 6.07) is 17.6. The summed E-state index contributed by atoms with van der Waals surface area (Å²) in [5.74, 6) is 2.11. The van der Waals surface area contributed by atoms with E-state index in [1.54, 1.807) is 7.11 Å². The number of rotatable bonds is 9. The van der Waals surface area contributed by atoms with Crippen molar-refractivity contribution in [2.24, 2.45) is 0 Å². The molecular weight excluding hydrogens is 500 g/mol. The maximum atomic E-state index is 12.7. The zero-order chi connectivity index (χ0) is 27.5. The number of nitrogens with zero attached hydrogens (tertiary/aromatic N) is 4. The third-order valence-electron chi connectivity index (χ3n) is 8.38. The van der Waals surface area contributed by atoms with Gasteiger partial charge in [-0.3, -0.25) is 9.69 Å². The van der Waals surface area contributed by atoms with Crippen molar-refractivity contribution in [1.82, 2.24) is 29.7 Å². The molecule has 4 heterocycles. The highest BCUT2D eigenvalue weighted by atomic mass is 16.5. The molecule has 208 valence electrons. The largest absolute Gasteiger partial charge is 0.385 e. The Hall–Kier alpha value is -3.75. The number of hydrogen-bond donors (Lipinski definition) is 2. The highest BCUT2D eigenvalue weighted by Gasteiger charge is 2.31. The van der Waals surface area contributed by atoms with Crippen LogP contribution in [0, 0.1) is 0 Å². The molecule has 2 aliphatic rings. The summed E-state index contributed by atoms with van der Waals surface area (Å²) in [5, 5.41) is 0. The Kier molecular flexibility index (Phi) is 7.80. The molecule has 2 aromatic carbocycles. The fraction of sp³-hybridized carbons (Fsp3) is 0.406. The van der Waals surface area contributed by atoms with Crippen LogP contribution >= 0.6 is 0 Å². The van der Waals surface area contributed by atoms with Crippen LogP contribution in [0.15, 0.2) is 60.9 Å². The van der Waals surface area contributed by atoms with Crippen LogP contribution in [0.4, 0.5) is 0 Å². The topological polar surface area (TPSA) is 90.1 Å². The normalized spacial score (nSPS) is 19.5. The molecule has 2 fully saturated rings.